The van der Waals surface area contributed by atoms with Gasteiger partial charge in [0.1, 0.15) is 0 Å². The van der Waals surface area contributed by atoms with Gasteiger partial charge in [-0.25, -0.2) is 0 Å². The Morgan fingerprint density at radius 1 is 0.682 bits per heavy atom. The lowest BCUT2D eigenvalue weighted by atomic mass is 10.0. The first-order valence-electron chi connectivity index (χ1n) is 6.22. The third-order valence-electron chi connectivity index (χ3n) is 3.48. The van der Waals surface area contributed by atoms with Gasteiger partial charge in [-0.05, 0) is 22.9 Å². The maximum atomic E-state index is 10.9. The lowest BCUT2D eigenvalue weighted by Gasteiger charge is -2.07. The molecule has 0 aliphatic rings. The van der Waals surface area contributed by atoms with Gasteiger partial charge in [-0.3, -0.25) is 20.2 Å². The number of nitro benzene ring substituents is 2. The number of hydrogen-bond acceptors (Lipinski definition) is 6. The summed E-state index contributed by atoms with van der Waals surface area (Å²) in [6.07, 6.45) is 0. The molecule has 0 unspecified atom stereocenters. The topological polar surface area (TPSA) is 138 Å². The van der Waals surface area contributed by atoms with E-state index in [-0.39, 0.29) is 22.7 Å². The van der Waals surface area contributed by atoms with E-state index >= 15 is 0 Å². The normalized spacial score (nSPS) is 10.9. The van der Waals surface area contributed by atoms with Gasteiger partial charge in [0.05, 0.1) is 9.85 Å². The van der Waals surface area contributed by atoms with Crippen molar-refractivity contribution in [1.82, 2.24) is 0 Å². The van der Waals surface area contributed by atoms with Crippen LogP contribution in [-0.2, 0) is 0 Å². The highest BCUT2D eigenvalue weighted by Gasteiger charge is 2.14. The van der Waals surface area contributed by atoms with Crippen LogP contribution in [0, 0.1) is 20.2 Å². The molecule has 110 valence electrons. The second-order valence-electron chi connectivity index (χ2n) is 4.88. The largest absolute Gasteiger partial charge is 0.398 e. The van der Waals surface area contributed by atoms with E-state index in [0.717, 1.165) is 0 Å². The number of benzene rings is 3. The lowest BCUT2D eigenvalue weighted by Crippen LogP contribution is -1.95. The van der Waals surface area contributed by atoms with Crippen LogP contribution in [-0.4, -0.2) is 9.85 Å². The molecule has 22 heavy (non-hydrogen) atoms. The fourth-order valence-corrected chi connectivity index (χ4v) is 2.46. The number of non-ortho nitro benzene ring substituents is 2. The Morgan fingerprint density at radius 3 is 1.45 bits per heavy atom. The number of fused-ring (bicyclic) bond motifs is 2. The van der Waals surface area contributed by atoms with Gasteiger partial charge in [-0.15, -0.1) is 0 Å². The van der Waals surface area contributed by atoms with Gasteiger partial charge in [0.2, 0.25) is 0 Å². The summed E-state index contributed by atoms with van der Waals surface area (Å²) in [7, 11) is 0. The van der Waals surface area contributed by atoms with Crippen LogP contribution in [0.3, 0.4) is 0 Å². The van der Waals surface area contributed by atoms with Crippen molar-refractivity contribution in [3.63, 3.8) is 0 Å². The first kappa shape index (κ1) is 13.6. The zero-order valence-electron chi connectivity index (χ0n) is 11.1. The molecule has 0 bridgehead atoms. The smallest absolute Gasteiger partial charge is 0.272 e. The molecule has 8 heteroatoms. The monoisotopic (exact) mass is 298 g/mol. The van der Waals surface area contributed by atoms with Crippen molar-refractivity contribution < 1.29 is 9.85 Å². The van der Waals surface area contributed by atoms with Crippen molar-refractivity contribution in [2.75, 3.05) is 11.5 Å². The zero-order valence-corrected chi connectivity index (χ0v) is 11.1. The number of nitrogen functional groups attached to an aromatic ring is 2. The molecule has 8 nitrogen and oxygen atoms in total. The molecule has 0 amide bonds. The fraction of sp³-hybridized carbons (Fsp3) is 0. The minimum atomic E-state index is -0.540. The maximum absolute atomic E-state index is 10.9. The minimum Gasteiger partial charge on any atom is -0.398 e. The van der Waals surface area contributed by atoms with Crippen molar-refractivity contribution in [2.24, 2.45) is 0 Å². The Kier molecular flexibility index (Phi) is 2.81. The number of nitrogens with two attached hydrogens (primary N) is 2. The van der Waals surface area contributed by atoms with Crippen LogP contribution in [0.4, 0.5) is 22.7 Å². The molecule has 0 saturated carbocycles. The average Bonchev–Trinajstić information content (AvgIpc) is 2.45. The molecule has 0 aromatic heterocycles. The Labute approximate surface area is 123 Å². The SMILES string of the molecule is Nc1cc([N+](=O)[O-])cc2cc3cc([N+](=O)[O-])cc(N)c3cc12. The molecule has 3 aromatic carbocycles. The molecule has 0 saturated heterocycles. The van der Waals surface area contributed by atoms with E-state index in [1.165, 1.54) is 24.3 Å². The van der Waals surface area contributed by atoms with E-state index in [1.807, 2.05) is 0 Å². The van der Waals surface area contributed by atoms with Crippen LogP contribution in [0.15, 0.2) is 36.4 Å². The summed E-state index contributed by atoms with van der Waals surface area (Å²) >= 11 is 0. The van der Waals surface area contributed by atoms with E-state index in [4.69, 9.17) is 11.5 Å². The fourth-order valence-electron chi connectivity index (χ4n) is 2.46. The molecule has 3 rings (SSSR count). The summed E-state index contributed by atoms with van der Waals surface area (Å²) < 4.78 is 0. The average molecular weight is 298 g/mol. The lowest BCUT2D eigenvalue weighted by molar-refractivity contribution is -0.384. The van der Waals surface area contributed by atoms with Crippen molar-refractivity contribution in [3.8, 4) is 0 Å². The van der Waals surface area contributed by atoms with Crippen LogP contribution in [0.25, 0.3) is 21.5 Å². The molecule has 0 spiro atoms. The summed E-state index contributed by atoms with van der Waals surface area (Å²) in [5, 5.41) is 24.1. The minimum absolute atomic E-state index is 0.136. The zero-order chi connectivity index (χ0) is 16.0. The molecular formula is C14H10N4O4. The standard InChI is InChI=1S/C14H10N4O4/c15-13-4-9(17(19)20)2-7-1-8-3-10(18(21)22)5-14(16)12(8)6-11(7)13/h1-6H,15-16H2. The van der Waals surface area contributed by atoms with E-state index < -0.39 is 9.85 Å². The van der Waals surface area contributed by atoms with Gasteiger partial charge < -0.3 is 11.5 Å². The molecule has 0 aliphatic carbocycles. The highest BCUT2D eigenvalue weighted by Crippen LogP contribution is 2.34. The van der Waals surface area contributed by atoms with Gasteiger partial charge in [-0.1, -0.05) is 0 Å². The summed E-state index contributed by atoms with van der Waals surface area (Å²) in [6, 6.07) is 8.59. The van der Waals surface area contributed by atoms with Crippen LogP contribution in [0.1, 0.15) is 0 Å². The van der Waals surface area contributed by atoms with Crippen LogP contribution in [0.5, 0.6) is 0 Å². The Balaban J connectivity index is 2.41. The maximum Gasteiger partial charge on any atom is 0.272 e. The molecule has 4 N–H and O–H groups in total. The van der Waals surface area contributed by atoms with Crippen molar-refractivity contribution in [2.45, 2.75) is 0 Å². The molecular weight excluding hydrogens is 288 g/mol. The first-order chi connectivity index (χ1) is 10.4. The summed E-state index contributed by atoms with van der Waals surface area (Å²) in [5.74, 6) is 0. The van der Waals surface area contributed by atoms with Crippen LogP contribution >= 0.6 is 0 Å². The van der Waals surface area contributed by atoms with E-state index in [0.29, 0.717) is 21.5 Å². The van der Waals surface area contributed by atoms with Crippen molar-refractivity contribution in [3.05, 3.63) is 56.6 Å². The van der Waals surface area contributed by atoms with Crippen molar-refractivity contribution in [1.29, 1.82) is 0 Å². The van der Waals surface area contributed by atoms with Crippen molar-refractivity contribution >= 4 is 44.3 Å². The number of nitrogens with zero attached hydrogens (tertiary/aromatic N) is 2. The number of anilines is 2. The quantitative estimate of drug-likeness (QED) is 0.322. The molecule has 3 aromatic rings. The first-order valence-corrected chi connectivity index (χ1v) is 6.22. The number of hydrogen-bond donors (Lipinski definition) is 2. The van der Waals surface area contributed by atoms with Crippen LogP contribution < -0.4 is 11.5 Å². The Morgan fingerprint density at radius 2 is 1.09 bits per heavy atom. The van der Waals surface area contributed by atoms with Gasteiger partial charge in [0.25, 0.3) is 11.4 Å². The van der Waals surface area contributed by atoms with Gasteiger partial charge in [-0.2, -0.15) is 0 Å². The summed E-state index contributed by atoms with van der Waals surface area (Å²) in [5.41, 5.74) is 12.0. The highest BCUT2D eigenvalue weighted by molar-refractivity contribution is 6.08. The molecule has 0 radical (unpaired) electrons. The van der Waals surface area contributed by atoms with E-state index in [2.05, 4.69) is 0 Å². The third kappa shape index (κ3) is 2.03. The number of rotatable bonds is 2. The van der Waals surface area contributed by atoms with E-state index in [1.54, 1.807) is 12.1 Å². The second kappa shape index (κ2) is 4.55. The van der Waals surface area contributed by atoms with E-state index in [9.17, 15) is 20.2 Å². The number of nitro groups is 2. The summed E-state index contributed by atoms with van der Waals surface area (Å²) in [4.78, 5) is 20.7. The molecule has 0 aliphatic heterocycles. The Hall–Kier alpha value is -3.42. The highest BCUT2D eigenvalue weighted by atomic mass is 16.6. The Bertz CT molecular complexity index is 893. The molecule has 0 fully saturated rings. The predicted molar refractivity (Wildman–Crippen MR) is 83.6 cm³/mol. The molecule has 0 atom stereocenters. The summed E-state index contributed by atoms with van der Waals surface area (Å²) in [6.45, 7) is 0. The third-order valence-corrected chi connectivity index (χ3v) is 3.48. The van der Waals surface area contributed by atoms with Gasteiger partial charge >= 0.3 is 0 Å². The van der Waals surface area contributed by atoms with Gasteiger partial charge in [0, 0.05) is 46.4 Å². The second-order valence-corrected chi connectivity index (χ2v) is 4.88. The van der Waals surface area contributed by atoms with Gasteiger partial charge in [0.15, 0.2) is 0 Å². The molecule has 0 heterocycles. The predicted octanol–water partition coefficient (Wildman–Crippen LogP) is 2.97. The van der Waals surface area contributed by atoms with Crippen LogP contribution in [0.2, 0.25) is 0 Å².